The predicted octanol–water partition coefficient (Wildman–Crippen LogP) is 1.83. The van der Waals surface area contributed by atoms with Crippen molar-refractivity contribution in [3.05, 3.63) is 0 Å². The average Bonchev–Trinajstić information content (AvgIpc) is 2.15. The van der Waals surface area contributed by atoms with E-state index in [1.165, 1.54) is 0 Å². The second-order valence-electron chi connectivity index (χ2n) is 6.32. The van der Waals surface area contributed by atoms with Crippen molar-refractivity contribution in [2.75, 3.05) is 32.7 Å². The molecule has 3 heteroatoms. The van der Waals surface area contributed by atoms with Gasteiger partial charge in [-0.25, -0.2) is 0 Å². The van der Waals surface area contributed by atoms with Crippen LogP contribution in [-0.4, -0.2) is 48.4 Å². The lowest BCUT2D eigenvalue weighted by Crippen LogP contribution is -2.51. The number of piperazine rings is 1. The smallest absolute Gasteiger partial charge is 0.225 e. The van der Waals surface area contributed by atoms with E-state index in [4.69, 9.17) is 0 Å². The average molecular weight is 226 g/mol. The van der Waals surface area contributed by atoms with E-state index < -0.39 is 0 Å². The first-order valence-electron chi connectivity index (χ1n) is 6.31. The number of nitrogens with zero attached hydrogens (tertiary/aromatic N) is 2. The third-order valence-electron chi connectivity index (χ3n) is 2.88. The summed E-state index contributed by atoms with van der Waals surface area (Å²) in [5.41, 5.74) is 0.351. The summed E-state index contributed by atoms with van der Waals surface area (Å²) in [7, 11) is 0. The molecule has 0 unspecified atom stereocenters. The Bertz CT molecular complexity index is 235. The lowest BCUT2D eigenvalue weighted by atomic mass is 9.96. The molecular weight excluding hydrogens is 200 g/mol. The fraction of sp³-hybridized carbons (Fsp3) is 0.923. The molecule has 0 aromatic heterocycles. The second kappa shape index (κ2) is 5.17. The van der Waals surface area contributed by atoms with Crippen LogP contribution in [0.3, 0.4) is 0 Å². The molecule has 1 heterocycles. The van der Waals surface area contributed by atoms with Crippen LogP contribution in [0.15, 0.2) is 0 Å². The Morgan fingerprint density at radius 2 is 1.62 bits per heavy atom. The SMILES string of the molecule is CC(C)C(=O)N1CCN(CC(C)(C)C)CC1. The van der Waals surface area contributed by atoms with E-state index in [1.54, 1.807) is 0 Å². The Kier molecular flexibility index (Phi) is 4.36. The van der Waals surface area contributed by atoms with E-state index in [-0.39, 0.29) is 5.92 Å². The molecule has 1 aliphatic heterocycles. The van der Waals surface area contributed by atoms with Gasteiger partial charge in [-0.05, 0) is 5.41 Å². The van der Waals surface area contributed by atoms with Crippen LogP contribution in [0, 0.1) is 11.3 Å². The minimum Gasteiger partial charge on any atom is -0.340 e. The summed E-state index contributed by atoms with van der Waals surface area (Å²) < 4.78 is 0. The molecule has 1 aliphatic rings. The Morgan fingerprint density at radius 3 is 2.00 bits per heavy atom. The predicted molar refractivity (Wildman–Crippen MR) is 67.3 cm³/mol. The molecule has 3 nitrogen and oxygen atoms in total. The van der Waals surface area contributed by atoms with Gasteiger partial charge in [0.1, 0.15) is 0 Å². The Labute approximate surface area is 99.8 Å². The van der Waals surface area contributed by atoms with Gasteiger partial charge in [0.05, 0.1) is 0 Å². The van der Waals surface area contributed by atoms with Crippen LogP contribution < -0.4 is 0 Å². The van der Waals surface area contributed by atoms with Gasteiger partial charge in [0.2, 0.25) is 5.91 Å². The summed E-state index contributed by atoms with van der Waals surface area (Å²) in [4.78, 5) is 16.3. The molecule has 94 valence electrons. The van der Waals surface area contributed by atoms with Gasteiger partial charge in [0, 0.05) is 38.6 Å². The number of amides is 1. The van der Waals surface area contributed by atoms with Crippen molar-refractivity contribution in [3.63, 3.8) is 0 Å². The standard InChI is InChI=1S/C13H26N2O/c1-11(2)12(16)15-8-6-14(7-9-15)10-13(3,4)5/h11H,6-10H2,1-5H3. The molecule has 0 saturated carbocycles. The molecule has 0 aromatic rings. The van der Waals surface area contributed by atoms with Crippen LogP contribution in [0.5, 0.6) is 0 Å². The van der Waals surface area contributed by atoms with Gasteiger partial charge in [-0.1, -0.05) is 34.6 Å². The number of hydrogen-bond acceptors (Lipinski definition) is 2. The molecule has 16 heavy (non-hydrogen) atoms. The van der Waals surface area contributed by atoms with Gasteiger partial charge in [0.25, 0.3) is 0 Å². The molecule has 1 rings (SSSR count). The molecule has 0 aromatic carbocycles. The lowest BCUT2D eigenvalue weighted by molar-refractivity contribution is -0.136. The van der Waals surface area contributed by atoms with Crippen molar-refractivity contribution in [1.29, 1.82) is 0 Å². The quantitative estimate of drug-likeness (QED) is 0.717. The first-order valence-corrected chi connectivity index (χ1v) is 6.31. The van der Waals surface area contributed by atoms with Crippen LogP contribution in [0.1, 0.15) is 34.6 Å². The van der Waals surface area contributed by atoms with Crippen LogP contribution in [0.25, 0.3) is 0 Å². The third-order valence-corrected chi connectivity index (χ3v) is 2.88. The van der Waals surface area contributed by atoms with E-state index in [0.717, 1.165) is 32.7 Å². The summed E-state index contributed by atoms with van der Waals surface area (Å²) in [5, 5.41) is 0. The molecule has 0 atom stereocenters. The van der Waals surface area contributed by atoms with Crippen molar-refractivity contribution in [1.82, 2.24) is 9.80 Å². The van der Waals surface area contributed by atoms with Crippen LogP contribution in [0.4, 0.5) is 0 Å². The third kappa shape index (κ3) is 4.12. The normalized spacial score (nSPS) is 19.2. The van der Waals surface area contributed by atoms with E-state index >= 15 is 0 Å². The number of rotatable bonds is 2. The molecule has 0 radical (unpaired) electrons. The van der Waals surface area contributed by atoms with Crippen molar-refractivity contribution in [2.45, 2.75) is 34.6 Å². The van der Waals surface area contributed by atoms with E-state index in [0.29, 0.717) is 11.3 Å². The molecule has 1 saturated heterocycles. The van der Waals surface area contributed by atoms with Crippen LogP contribution in [0.2, 0.25) is 0 Å². The Hall–Kier alpha value is -0.570. The van der Waals surface area contributed by atoms with Gasteiger partial charge in [-0.2, -0.15) is 0 Å². The highest BCUT2D eigenvalue weighted by molar-refractivity contribution is 5.78. The van der Waals surface area contributed by atoms with Gasteiger partial charge in [-0.15, -0.1) is 0 Å². The van der Waals surface area contributed by atoms with Gasteiger partial charge < -0.3 is 4.90 Å². The van der Waals surface area contributed by atoms with E-state index in [9.17, 15) is 4.79 Å². The zero-order valence-electron chi connectivity index (χ0n) is 11.4. The fourth-order valence-corrected chi connectivity index (χ4v) is 2.16. The van der Waals surface area contributed by atoms with Gasteiger partial charge in [0.15, 0.2) is 0 Å². The topological polar surface area (TPSA) is 23.6 Å². The number of hydrogen-bond donors (Lipinski definition) is 0. The van der Waals surface area contributed by atoms with Crippen molar-refractivity contribution < 1.29 is 4.79 Å². The van der Waals surface area contributed by atoms with Gasteiger partial charge >= 0.3 is 0 Å². The maximum absolute atomic E-state index is 11.8. The first-order chi connectivity index (χ1) is 7.29. The summed E-state index contributed by atoms with van der Waals surface area (Å²) in [5.74, 6) is 0.435. The summed E-state index contributed by atoms with van der Waals surface area (Å²) >= 11 is 0. The highest BCUT2D eigenvalue weighted by Gasteiger charge is 2.24. The monoisotopic (exact) mass is 226 g/mol. The van der Waals surface area contributed by atoms with Crippen LogP contribution >= 0.6 is 0 Å². The summed E-state index contributed by atoms with van der Waals surface area (Å²) in [6, 6.07) is 0. The molecule has 0 aliphatic carbocycles. The van der Waals surface area contributed by atoms with Crippen LogP contribution in [-0.2, 0) is 4.79 Å². The highest BCUT2D eigenvalue weighted by atomic mass is 16.2. The zero-order chi connectivity index (χ0) is 12.3. The second-order valence-corrected chi connectivity index (χ2v) is 6.32. The number of carbonyl (C=O) groups excluding carboxylic acids is 1. The van der Waals surface area contributed by atoms with Crippen molar-refractivity contribution >= 4 is 5.91 Å². The van der Waals surface area contributed by atoms with E-state index in [2.05, 4.69) is 25.7 Å². The molecule has 1 amide bonds. The van der Waals surface area contributed by atoms with E-state index in [1.807, 2.05) is 18.7 Å². The molecule has 0 N–H and O–H groups in total. The Balaban J connectivity index is 2.37. The highest BCUT2D eigenvalue weighted by Crippen LogP contribution is 2.16. The summed E-state index contributed by atoms with van der Waals surface area (Å²) in [6.07, 6.45) is 0. The largest absolute Gasteiger partial charge is 0.340 e. The summed E-state index contributed by atoms with van der Waals surface area (Å²) in [6.45, 7) is 15.7. The maximum atomic E-state index is 11.8. The fourth-order valence-electron chi connectivity index (χ4n) is 2.16. The molecule has 1 fully saturated rings. The zero-order valence-corrected chi connectivity index (χ0v) is 11.4. The van der Waals surface area contributed by atoms with Crippen molar-refractivity contribution in [2.24, 2.45) is 11.3 Å². The lowest BCUT2D eigenvalue weighted by Gasteiger charge is -2.38. The molecule has 0 bridgehead atoms. The number of carbonyl (C=O) groups is 1. The first kappa shape index (κ1) is 13.5. The molecular formula is C13H26N2O. The maximum Gasteiger partial charge on any atom is 0.225 e. The van der Waals surface area contributed by atoms with Gasteiger partial charge in [-0.3, -0.25) is 9.69 Å². The van der Waals surface area contributed by atoms with Crippen molar-refractivity contribution in [3.8, 4) is 0 Å². The minimum absolute atomic E-state index is 0.133. The minimum atomic E-state index is 0.133. The molecule has 0 spiro atoms. The Morgan fingerprint density at radius 1 is 1.12 bits per heavy atom.